The number of carboxylic acids is 1. The van der Waals surface area contributed by atoms with Gasteiger partial charge in [0, 0.05) is 18.8 Å². The Morgan fingerprint density at radius 2 is 1.74 bits per heavy atom. The molecule has 3 fully saturated rings. The van der Waals surface area contributed by atoms with Crippen LogP contribution in [-0.2, 0) is 14.4 Å². The van der Waals surface area contributed by atoms with E-state index in [9.17, 15) is 19.5 Å². The molecule has 3 saturated carbocycles. The summed E-state index contributed by atoms with van der Waals surface area (Å²) in [5, 5.41) is 18.9. The number of hydrogen-bond donors (Lipinski definition) is 2. The molecule has 0 amide bonds. The van der Waals surface area contributed by atoms with Gasteiger partial charge in [-0.3, -0.25) is 14.4 Å². The number of allylic oxidation sites excluding steroid dienone is 1. The Morgan fingerprint density at radius 3 is 2.38 bits per heavy atom. The summed E-state index contributed by atoms with van der Waals surface area (Å²) in [5.41, 5.74) is 1.51. The number of rotatable bonds is 7. The highest BCUT2D eigenvalue weighted by atomic mass is 16.4. The van der Waals surface area contributed by atoms with Crippen molar-refractivity contribution in [3.05, 3.63) is 11.6 Å². The summed E-state index contributed by atoms with van der Waals surface area (Å²) in [6, 6.07) is 0. The van der Waals surface area contributed by atoms with E-state index in [4.69, 9.17) is 5.11 Å². The van der Waals surface area contributed by atoms with E-state index in [2.05, 4.69) is 20.8 Å². The van der Waals surface area contributed by atoms with Gasteiger partial charge < -0.3 is 10.2 Å². The van der Waals surface area contributed by atoms with E-state index in [-0.39, 0.29) is 22.5 Å². The molecule has 4 aliphatic rings. The first-order valence-corrected chi connectivity index (χ1v) is 13.7. The summed E-state index contributed by atoms with van der Waals surface area (Å²) in [7, 11) is 0. The van der Waals surface area contributed by atoms with E-state index in [0.29, 0.717) is 36.4 Å². The number of aliphatic carboxylic acids is 1. The first-order valence-electron chi connectivity index (χ1n) is 13.7. The lowest BCUT2D eigenvalue weighted by atomic mass is 9.46. The molecule has 5 heteroatoms. The van der Waals surface area contributed by atoms with E-state index < -0.39 is 12.1 Å². The van der Waals surface area contributed by atoms with Crippen molar-refractivity contribution in [2.24, 2.45) is 34.5 Å². The van der Waals surface area contributed by atoms with Gasteiger partial charge in [0.05, 0.1) is 6.10 Å². The lowest BCUT2D eigenvalue weighted by molar-refractivity contribution is -0.137. The third-order valence-electron chi connectivity index (χ3n) is 9.92. The van der Waals surface area contributed by atoms with Crippen molar-refractivity contribution in [3.8, 4) is 0 Å². The Labute approximate surface area is 205 Å². The van der Waals surface area contributed by atoms with Crippen molar-refractivity contribution in [2.45, 2.75) is 117 Å². The van der Waals surface area contributed by atoms with Gasteiger partial charge >= 0.3 is 5.97 Å². The van der Waals surface area contributed by atoms with Gasteiger partial charge in [0.2, 0.25) is 0 Å². The van der Waals surface area contributed by atoms with Gasteiger partial charge in [0.15, 0.2) is 5.78 Å². The van der Waals surface area contributed by atoms with Crippen LogP contribution in [0, 0.1) is 34.5 Å². The lowest BCUT2D eigenvalue weighted by Crippen LogP contribution is -2.51. The predicted molar refractivity (Wildman–Crippen MR) is 133 cm³/mol. The van der Waals surface area contributed by atoms with Crippen molar-refractivity contribution < 1.29 is 24.6 Å². The molecule has 0 radical (unpaired) electrons. The first-order chi connectivity index (χ1) is 16.0. The van der Waals surface area contributed by atoms with Crippen LogP contribution in [0.5, 0.6) is 0 Å². The molecule has 0 spiro atoms. The highest BCUT2D eigenvalue weighted by Gasteiger charge is 2.62. The molecular formula is C29H46O5. The molecule has 34 heavy (non-hydrogen) atoms. The Kier molecular flexibility index (Phi) is 8.81. The third-order valence-corrected chi connectivity index (χ3v) is 9.92. The maximum absolute atomic E-state index is 12.2. The largest absolute Gasteiger partial charge is 0.481 e. The molecular weight excluding hydrogens is 428 g/mol. The minimum Gasteiger partial charge on any atom is -0.481 e. The summed E-state index contributed by atoms with van der Waals surface area (Å²) in [6.07, 6.45) is 14.1. The number of Topliss-reactive ketones (excluding diaryl/α,β-unsaturated/α-hetero) is 1. The maximum Gasteiger partial charge on any atom is 0.303 e. The number of fused-ring (bicyclic) bond motifs is 5. The monoisotopic (exact) mass is 474 g/mol. The average molecular weight is 475 g/mol. The van der Waals surface area contributed by atoms with Gasteiger partial charge in [-0.05, 0) is 86.5 Å². The minimum absolute atomic E-state index is 0.0333. The molecule has 0 aromatic heterocycles. The van der Waals surface area contributed by atoms with E-state index >= 15 is 0 Å². The Bertz CT molecular complexity index is 800. The van der Waals surface area contributed by atoms with Crippen LogP contribution in [0.4, 0.5) is 0 Å². The number of carbonyl (C=O) groups excluding carboxylic acids is 2. The lowest BCUT2D eigenvalue weighted by Gasteiger charge is -2.57. The van der Waals surface area contributed by atoms with Crippen molar-refractivity contribution in [1.29, 1.82) is 0 Å². The second-order valence-corrected chi connectivity index (χ2v) is 12.0. The molecule has 4 rings (SSSR count). The molecule has 0 heterocycles. The SMILES string of the molecule is CC(=O)[C@H]1C(O)C[C@H]2[C@@H]3CCC4=CC(=O)CC[C@]4(C)[C@H]3CC[C@]12C.CCCCCCCC(=O)O. The molecule has 192 valence electrons. The van der Waals surface area contributed by atoms with Gasteiger partial charge in [-0.2, -0.15) is 0 Å². The molecule has 1 unspecified atom stereocenters. The van der Waals surface area contributed by atoms with Gasteiger partial charge in [-0.25, -0.2) is 0 Å². The predicted octanol–water partition coefficient (Wildman–Crippen LogP) is 6.13. The number of hydrogen-bond acceptors (Lipinski definition) is 4. The summed E-state index contributed by atoms with van der Waals surface area (Å²) >= 11 is 0. The Balaban J connectivity index is 0.000000277. The molecule has 4 aliphatic carbocycles. The van der Waals surface area contributed by atoms with Crippen LogP contribution in [0.2, 0.25) is 0 Å². The molecule has 0 saturated heterocycles. The van der Waals surface area contributed by atoms with E-state index in [1.807, 2.05) is 6.08 Å². The van der Waals surface area contributed by atoms with E-state index in [1.54, 1.807) is 6.92 Å². The van der Waals surface area contributed by atoms with Gasteiger partial charge in [0.1, 0.15) is 5.78 Å². The highest BCUT2D eigenvalue weighted by molar-refractivity contribution is 5.91. The Hall–Kier alpha value is -1.49. The van der Waals surface area contributed by atoms with Crippen LogP contribution in [-0.4, -0.2) is 33.9 Å². The van der Waals surface area contributed by atoms with Crippen LogP contribution in [0.25, 0.3) is 0 Å². The minimum atomic E-state index is -0.670. The quantitative estimate of drug-likeness (QED) is 0.433. The topological polar surface area (TPSA) is 91.7 Å². The van der Waals surface area contributed by atoms with Gasteiger partial charge in [0.25, 0.3) is 0 Å². The van der Waals surface area contributed by atoms with Crippen LogP contribution in [0.3, 0.4) is 0 Å². The zero-order chi connectivity index (χ0) is 25.1. The molecule has 2 N–H and O–H groups in total. The van der Waals surface area contributed by atoms with Gasteiger partial charge in [-0.1, -0.05) is 52.0 Å². The number of carbonyl (C=O) groups is 3. The van der Waals surface area contributed by atoms with E-state index in [1.165, 1.54) is 24.8 Å². The van der Waals surface area contributed by atoms with Crippen molar-refractivity contribution in [3.63, 3.8) is 0 Å². The standard InChI is InChI=1S/C21H30O3.C8H16O2/c1-12(22)19-18(24)11-17-15-5-4-13-10-14(23)6-8-20(13,2)16(15)7-9-21(17,19)3;1-2-3-4-5-6-7-8(9)10/h10,15-19,24H,4-9,11H2,1-3H3;2-7H2,1H3,(H,9,10)/t15-,16+,17+,18?,19+,20+,21+;/m1./s1. The maximum atomic E-state index is 12.2. The fourth-order valence-corrected chi connectivity index (χ4v) is 8.19. The molecule has 0 aromatic rings. The Morgan fingerprint density at radius 1 is 1.03 bits per heavy atom. The van der Waals surface area contributed by atoms with E-state index in [0.717, 1.165) is 51.4 Å². The zero-order valence-corrected chi connectivity index (χ0v) is 21.8. The summed E-state index contributed by atoms with van der Waals surface area (Å²) < 4.78 is 0. The van der Waals surface area contributed by atoms with Crippen LogP contribution >= 0.6 is 0 Å². The number of aliphatic hydroxyl groups is 1. The van der Waals surface area contributed by atoms with Crippen molar-refractivity contribution in [1.82, 2.24) is 0 Å². The van der Waals surface area contributed by atoms with Crippen molar-refractivity contribution in [2.75, 3.05) is 0 Å². The molecule has 0 bridgehead atoms. The third kappa shape index (κ3) is 5.34. The smallest absolute Gasteiger partial charge is 0.303 e. The van der Waals surface area contributed by atoms with Crippen LogP contribution in [0.15, 0.2) is 11.6 Å². The average Bonchev–Trinajstić information content (AvgIpc) is 3.04. The summed E-state index contributed by atoms with van der Waals surface area (Å²) in [4.78, 5) is 34.1. The number of carboxylic acid groups (broad SMARTS) is 1. The second-order valence-electron chi connectivity index (χ2n) is 12.0. The fourth-order valence-electron chi connectivity index (χ4n) is 8.19. The van der Waals surface area contributed by atoms with Crippen molar-refractivity contribution >= 4 is 17.5 Å². The fraction of sp³-hybridized carbons (Fsp3) is 0.828. The van der Waals surface area contributed by atoms with Crippen LogP contribution in [0.1, 0.15) is 111 Å². The first kappa shape index (κ1) is 27.1. The number of aliphatic hydroxyl groups excluding tert-OH is 1. The zero-order valence-electron chi connectivity index (χ0n) is 21.8. The normalized spacial score (nSPS) is 38.6. The number of ketones is 2. The van der Waals surface area contributed by atoms with Gasteiger partial charge in [-0.15, -0.1) is 0 Å². The molecule has 5 nitrogen and oxygen atoms in total. The number of unbranched alkanes of at least 4 members (excludes halogenated alkanes) is 4. The highest BCUT2D eigenvalue weighted by Crippen LogP contribution is 2.66. The summed E-state index contributed by atoms with van der Waals surface area (Å²) in [5.74, 6) is 1.28. The molecule has 0 aromatic carbocycles. The molecule has 0 aliphatic heterocycles. The van der Waals surface area contributed by atoms with Crippen LogP contribution < -0.4 is 0 Å². The summed E-state index contributed by atoms with van der Waals surface area (Å²) in [6.45, 7) is 8.44. The molecule has 7 atom stereocenters. The second kappa shape index (κ2) is 11.1.